The molecule has 9 nitrogen and oxygen atoms in total. The van der Waals surface area contributed by atoms with E-state index < -0.39 is 5.43 Å². The first-order valence-electron chi connectivity index (χ1n) is 9.49. The highest BCUT2D eigenvalue weighted by atomic mass is 35.5. The second kappa shape index (κ2) is 14.6. The zero-order chi connectivity index (χ0) is 23.7. The van der Waals surface area contributed by atoms with Gasteiger partial charge in [0.25, 0.3) is 0 Å². The molecule has 2 aromatic heterocycles. The van der Waals surface area contributed by atoms with Gasteiger partial charge < -0.3 is 15.2 Å². The Labute approximate surface area is 195 Å². The van der Waals surface area contributed by atoms with E-state index >= 15 is 0 Å². The van der Waals surface area contributed by atoms with Crippen molar-refractivity contribution in [3.05, 3.63) is 103 Å². The number of esters is 1. The summed E-state index contributed by atoms with van der Waals surface area (Å²) in [6.45, 7) is 0. The van der Waals surface area contributed by atoms with Gasteiger partial charge in [-0.25, -0.2) is 4.79 Å². The van der Waals surface area contributed by atoms with E-state index in [9.17, 15) is 9.59 Å². The fourth-order valence-electron chi connectivity index (χ4n) is 2.13. The average Bonchev–Trinajstić information content (AvgIpc) is 2.82. The third-order valence-electron chi connectivity index (χ3n) is 3.52. The molecule has 0 amide bonds. The summed E-state index contributed by atoms with van der Waals surface area (Å²) in [6.07, 6.45) is 6.34. The third-order valence-corrected chi connectivity index (χ3v) is 3.59. The van der Waals surface area contributed by atoms with Gasteiger partial charge in [-0.05, 0) is 42.0 Å². The molecule has 0 unspecified atom stereocenters. The van der Waals surface area contributed by atoms with Crippen LogP contribution >= 0.6 is 11.6 Å². The first-order valence-corrected chi connectivity index (χ1v) is 9.86. The maximum absolute atomic E-state index is 11.5. The summed E-state index contributed by atoms with van der Waals surface area (Å²) in [5.74, 6) is 0.705. The number of nitrogens with two attached hydrogens (primary N) is 1. The Morgan fingerprint density at radius 3 is 1.70 bits per heavy atom. The number of rotatable bonds is 4. The van der Waals surface area contributed by atoms with Crippen molar-refractivity contribution < 1.29 is 19.1 Å². The molecule has 0 aliphatic rings. The molecule has 0 aliphatic heterocycles. The van der Waals surface area contributed by atoms with Crippen LogP contribution < -0.4 is 15.2 Å². The summed E-state index contributed by atoms with van der Waals surface area (Å²) >= 11 is 4.95. The molecule has 4 aromatic rings. The van der Waals surface area contributed by atoms with Crippen molar-refractivity contribution in [2.24, 2.45) is 0 Å². The van der Waals surface area contributed by atoms with Gasteiger partial charge in [-0.3, -0.25) is 4.79 Å². The smallest absolute Gasteiger partial charge is 0.409 e. The second-order valence-corrected chi connectivity index (χ2v) is 6.35. The van der Waals surface area contributed by atoms with E-state index in [-0.39, 0.29) is 12.4 Å². The number of hydrogen-bond donors (Lipinski definition) is 1. The van der Waals surface area contributed by atoms with E-state index in [1.54, 1.807) is 67.1 Å². The van der Waals surface area contributed by atoms with Gasteiger partial charge in [0.1, 0.15) is 11.5 Å². The molecule has 0 spiro atoms. The van der Waals surface area contributed by atoms with Crippen LogP contribution in [0, 0.1) is 0 Å². The highest BCUT2D eigenvalue weighted by Crippen LogP contribution is 2.10. The first kappa shape index (κ1) is 24.9. The highest BCUT2D eigenvalue weighted by Gasteiger charge is 2.05. The maximum Gasteiger partial charge on any atom is 0.409 e. The van der Waals surface area contributed by atoms with E-state index in [2.05, 4.69) is 25.1 Å². The normalized spacial score (nSPS) is 9.24. The van der Waals surface area contributed by atoms with Gasteiger partial charge >= 0.3 is 11.4 Å². The Hall–Kier alpha value is -4.37. The number of para-hydroxylation sites is 2. The van der Waals surface area contributed by atoms with Crippen molar-refractivity contribution in [3.8, 4) is 11.5 Å². The number of halogens is 1. The van der Waals surface area contributed by atoms with Gasteiger partial charge in [0.05, 0.1) is 30.7 Å². The lowest BCUT2D eigenvalue weighted by Gasteiger charge is -2.03. The minimum atomic E-state index is -0.814. The molecule has 0 radical (unpaired) electrons. The molecule has 10 heteroatoms. The molecular weight excluding hydrogens is 446 g/mol. The predicted octanol–water partition coefficient (Wildman–Crippen LogP) is 4.11. The summed E-state index contributed by atoms with van der Waals surface area (Å²) < 4.78 is 9.67. The third kappa shape index (κ3) is 11.6. The fourth-order valence-corrected chi connectivity index (χ4v) is 2.22. The topological polar surface area (TPSA) is 130 Å². The SMILES string of the molecule is Nc1ccnnc1.O=C(Cc1ccnnc1)Oc1ccccc1.O=C(Cl)Oc1ccccc1. The van der Waals surface area contributed by atoms with Gasteiger partial charge in [0.2, 0.25) is 0 Å². The summed E-state index contributed by atoms with van der Waals surface area (Å²) in [7, 11) is 0. The van der Waals surface area contributed by atoms with Crippen LogP contribution in [0.15, 0.2) is 97.6 Å². The number of carbonyl (C=O) groups is 2. The Kier molecular flexibility index (Phi) is 11.0. The van der Waals surface area contributed by atoms with Crippen LogP contribution in [0.2, 0.25) is 0 Å². The summed E-state index contributed by atoms with van der Waals surface area (Å²) in [4.78, 5) is 21.7. The maximum atomic E-state index is 11.5. The molecule has 4 rings (SSSR count). The molecule has 0 saturated heterocycles. The van der Waals surface area contributed by atoms with Crippen LogP contribution in [0.5, 0.6) is 11.5 Å². The lowest BCUT2D eigenvalue weighted by molar-refractivity contribution is -0.133. The number of nitrogens with zero attached hydrogens (tertiary/aromatic N) is 4. The number of ether oxygens (including phenoxy) is 2. The van der Waals surface area contributed by atoms with Crippen LogP contribution in [-0.4, -0.2) is 31.8 Å². The Morgan fingerprint density at radius 2 is 1.27 bits per heavy atom. The molecule has 33 heavy (non-hydrogen) atoms. The van der Waals surface area contributed by atoms with Crippen LogP contribution in [0.3, 0.4) is 0 Å². The van der Waals surface area contributed by atoms with E-state index in [0.29, 0.717) is 17.2 Å². The van der Waals surface area contributed by atoms with E-state index in [1.807, 2.05) is 24.3 Å². The van der Waals surface area contributed by atoms with Crippen LogP contribution in [-0.2, 0) is 11.2 Å². The zero-order valence-electron chi connectivity index (χ0n) is 17.3. The zero-order valence-corrected chi connectivity index (χ0v) is 18.1. The predicted molar refractivity (Wildman–Crippen MR) is 123 cm³/mol. The molecule has 0 atom stereocenters. The number of nitrogen functional groups attached to an aromatic ring is 1. The molecular formula is C23H20ClN5O4. The largest absolute Gasteiger partial charge is 0.426 e. The Balaban J connectivity index is 0.000000193. The summed E-state index contributed by atoms with van der Waals surface area (Å²) in [6, 6.07) is 21.0. The van der Waals surface area contributed by atoms with E-state index in [4.69, 9.17) is 22.1 Å². The summed E-state index contributed by atoms with van der Waals surface area (Å²) in [5, 5.41) is 14.3. The standard InChI is InChI=1S/C12H10N2O2.C7H5ClO2.C4H5N3/c15-12(8-10-6-7-13-14-9-10)16-11-4-2-1-3-5-11;8-7(9)10-6-4-2-1-3-5-6;5-4-1-2-6-7-3-4/h1-7,9H,8H2;1-5H;1-3H,(H2,5,6). The van der Waals surface area contributed by atoms with Crippen molar-refractivity contribution >= 4 is 28.7 Å². The molecule has 0 bridgehead atoms. The van der Waals surface area contributed by atoms with Gasteiger partial charge in [-0.1, -0.05) is 36.4 Å². The number of hydrogen-bond acceptors (Lipinski definition) is 9. The second-order valence-electron chi connectivity index (χ2n) is 6.04. The molecule has 0 fully saturated rings. The van der Waals surface area contributed by atoms with E-state index in [0.717, 1.165) is 5.56 Å². The minimum absolute atomic E-state index is 0.199. The average molecular weight is 466 g/mol. The Bertz CT molecular complexity index is 1050. The number of carbonyl (C=O) groups excluding carboxylic acids is 2. The van der Waals surface area contributed by atoms with Crippen LogP contribution in [0.1, 0.15) is 5.56 Å². The lowest BCUT2D eigenvalue weighted by Crippen LogP contribution is -2.11. The highest BCUT2D eigenvalue weighted by molar-refractivity contribution is 6.61. The van der Waals surface area contributed by atoms with Crippen LogP contribution in [0.4, 0.5) is 10.5 Å². The lowest BCUT2D eigenvalue weighted by atomic mass is 10.2. The summed E-state index contributed by atoms with van der Waals surface area (Å²) in [5.41, 5.74) is 5.88. The fraction of sp³-hybridized carbons (Fsp3) is 0.0435. The van der Waals surface area contributed by atoms with Crippen molar-refractivity contribution in [3.63, 3.8) is 0 Å². The monoisotopic (exact) mass is 465 g/mol. The van der Waals surface area contributed by atoms with Gasteiger partial charge in [-0.15, -0.1) is 0 Å². The molecule has 168 valence electrons. The molecule has 2 heterocycles. The van der Waals surface area contributed by atoms with Crippen molar-refractivity contribution in [2.45, 2.75) is 6.42 Å². The molecule has 0 aliphatic carbocycles. The molecule has 0 saturated carbocycles. The number of benzene rings is 2. The van der Waals surface area contributed by atoms with Crippen molar-refractivity contribution in [1.82, 2.24) is 20.4 Å². The molecule has 2 aromatic carbocycles. The quantitative estimate of drug-likeness (QED) is 0.268. The van der Waals surface area contributed by atoms with Crippen molar-refractivity contribution in [2.75, 3.05) is 5.73 Å². The number of aromatic nitrogens is 4. The van der Waals surface area contributed by atoms with E-state index in [1.165, 1.54) is 6.20 Å². The van der Waals surface area contributed by atoms with Crippen LogP contribution in [0.25, 0.3) is 0 Å². The van der Waals surface area contributed by atoms with Gasteiger partial charge in [-0.2, -0.15) is 20.4 Å². The Morgan fingerprint density at radius 1 is 0.727 bits per heavy atom. The van der Waals surface area contributed by atoms with Gasteiger partial charge in [0.15, 0.2) is 0 Å². The molecule has 2 N–H and O–H groups in total. The van der Waals surface area contributed by atoms with Gasteiger partial charge in [0, 0.05) is 17.8 Å². The first-order chi connectivity index (χ1) is 16.0. The number of anilines is 1. The van der Waals surface area contributed by atoms with Crippen molar-refractivity contribution in [1.29, 1.82) is 0 Å². The minimum Gasteiger partial charge on any atom is -0.426 e.